The Hall–Kier alpha value is -2.79. The summed E-state index contributed by atoms with van der Waals surface area (Å²) < 4.78 is 7.91. The highest BCUT2D eigenvalue weighted by atomic mass is 35.5. The largest absolute Gasteiger partial charge is 0.473 e. The van der Waals surface area contributed by atoms with Crippen LogP contribution in [0, 0.1) is 0 Å². The molecule has 5 nitrogen and oxygen atoms in total. The van der Waals surface area contributed by atoms with Gasteiger partial charge in [0.15, 0.2) is 0 Å². The standard InChI is InChI=1S/C21H20ClN3O2/c22-19-4-3-11-23-20(19)27-18-9-14-25(15-10-18)21(26)16-5-7-17(8-6-16)24-12-1-2-13-24/h1-8,11-13,18H,9-10,14-15H2. The monoisotopic (exact) mass is 381 g/mol. The normalized spacial score (nSPS) is 14.9. The minimum absolute atomic E-state index is 0.0255. The van der Waals surface area contributed by atoms with Gasteiger partial charge in [0.1, 0.15) is 11.1 Å². The molecular weight excluding hydrogens is 362 g/mol. The second-order valence-corrected chi connectivity index (χ2v) is 6.94. The lowest BCUT2D eigenvalue weighted by molar-refractivity contribution is 0.0588. The summed E-state index contributed by atoms with van der Waals surface area (Å²) in [5.41, 5.74) is 1.74. The van der Waals surface area contributed by atoms with Gasteiger partial charge in [0.25, 0.3) is 5.91 Å². The Bertz CT molecular complexity index is 901. The number of carbonyl (C=O) groups excluding carboxylic acids is 1. The lowest BCUT2D eigenvalue weighted by Crippen LogP contribution is -2.41. The molecule has 0 spiro atoms. The quantitative estimate of drug-likeness (QED) is 0.680. The maximum Gasteiger partial charge on any atom is 0.253 e. The molecule has 0 radical (unpaired) electrons. The molecule has 1 saturated heterocycles. The average Bonchev–Trinajstić information content (AvgIpc) is 3.25. The molecule has 6 heteroatoms. The summed E-state index contributed by atoms with van der Waals surface area (Å²) in [6.45, 7) is 1.32. The predicted octanol–water partition coefficient (Wildman–Crippen LogP) is 4.21. The zero-order valence-corrected chi connectivity index (χ0v) is 15.5. The van der Waals surface area contributed by atoms with Crippen LogP contribution in [0.25, 0.3) is 5.69 Å². The maximum atomic E-state index is 12.8. The number of amides is 1. The van der Waals surface area contributed by atoms with Crippen LogP contribution < -0.4 is 4.74 Å². The Morgan fingerprint density at radius 2 is 1.74 bits per heavy atom. The Balaban J connectivity index is 1.35. The van der Waals surface area contributed by atoms with E-state index in [4.69, 9.17) is 16.3 Å². The van der Waals surface area contributed by atoms with Crippen LogP contribution >= 0.6 is 11.6 Å². The first kappa shape index (κ1) is 17.6. The first-order valence-electron chi connectivity index (χ1n) is 9.00. The fourth-order valence-electron chi connectivity index (χ4n) is 3.26. The molecule has 0 atom stereocenters. The van der Waals surface area contributed by atoms with E-state index in [1.165, 1.54) is 0 Å². The van der Waals surface area contributed by atoms with Crippen LogP contribution in [-0.4, -0.2) is 39.6 Å². The zero-order chi connectivity index (χ0) is 18.6. The molecule has 0 aliphatic carbocycles. The highest BCUT2D eigenvalue weighted by Gasteiger charge is 2.25. The van der Waals surface area contributed by atoms with Crippen LogP contribution in [0.4, 0.5) is 0 Å². The van der Waals surface area contributed by atoms with E-state index in [-0.39, 0.29) is 12.0 Å². The van der Waals surface area contributed by atoms with Gasteiger partial charge >= 0.3 is 0 Å². The second kappa shape index (κ2) is 7.84. The summed E-state index contributed by atoms with van der Waals surface area (Å²) in [7, 11) is 0. The number of hydrogen-bond acceptors (Lipinski definition) is 3. The molecular formula is C21H20ClN3O2. The Kier molecular flexibility index (Phi) is 5.12. The van der Waals surface area contributed by atoms with Crippen LogP contribution in [0.1, 0.15) is 23.2 Å². The highest BCUT2D eigenvalue weighted by Crippen LogP contribution is 2.25. The number of benzene rings is 1. The van der Waals surface area contributed by atoms with Crippen molar-refractivity contribution in [1.29, 1.82) is 0 Å². The van der Waals surface area contributed by atoms with Crippen LogP contribution in [0.15, 0.2) is 67.1 Å². The third-order valence-corrected chi connectivity index (χ3v) is 5.04. The van der Waals surface area contributed by atoms with Gasteiger partial charge in [-0.2, -0.15) is 0 Å². The van der Waals surface area contributed by atoms with Gasteiger partial charge in [-0.05, 0) is 48.5 Å². The molecule has 0 N–H and O–H groups in total. The van der Waals surface area contributed by atoms with Crippen LogP contribution in [0.2, 0.25) is 5.02 Å². The van der Waals surface area contributed by atoms with Crippen molar-refractivity contribution in [2.75, 3.05) is 13.1 Å². The van der Waals surface area contributed by atoms with Crippen molar-refractivity contribution >= 4 is 17.5 Å². The summed E-state index contributed by atoms with van der Waals surface area (Å²) in [4.78, 5) is 18.8. The van der Waals surface area contributed by atoms with E-state index < -0.39 is 0 Å². The van der Waals surface area contributed by atoms with Gasteiger partial charge in [-0.25, -0.2) is 4.98 Å². The number of likely N-dealkylation sites (tertiary alicyclic amines) is 1. The fourth-order valence-corrected chi connectivity index (χ4v) is 3.42. The Labute approximate surface area is 163 Å². The molecule has 138 valence electrons. The molecule has 1 aliphatic heterocycles. The lowest BCUT2D eigenvalue weighted by Gasteiger charge is -2.32. The summed E-state index contributed by atoms with van der Waals surface area (Å²) in [5.74, 6) is 0.521. The number of aromatic nitrogens is 2. The number of pyridine rings is 1. The van der Waals surface area contributed by atoms with Crippen molar-refractivity contribution in [3.8, 4) is 11.6 Å². The maximum absolute atomic E-state index is 12.8. The van der Waals surface area contributed by atoms with E-state index in [1.54, 1.807) is 18.3 Å². The summed E-state index contributed by atoms with van der Waals surface area (Å²) in [6, 6.07) is 15.2. The number of nitrogens with zero attached hydrogens (tertiary/aromatic N) is 3. The number of halogens is 1. The first-order valence-corrected chi connectivity index (χ1v) is 9.38. The molecule has 1 amide bonds. The second-order valence-electron chi connectivity index (χ2n) is 6.54. The van der Waals surface area contributed by atoms with Gasteiger partial charge in [0.05, 0.1) is 0 Å². The third-order valence-electron chi connectivity index (χ3n) is 4.75. The summed E-state index contributed by atoms with van der Waals surface area (Å²) >= 11 is 6.10. The van der Waals surface area contributed by atoms with E-state index >= 15 is 0 Å². The summed E-state index contributed by atoms with van der Waals surface area (Å²) in [5, 5.41) is 0.513. The number of hydrogen-bond donors (Lipinski definition) is 0. The van der Waals surface area contributed by atoms with Crippen molar-refractivity contribution in [3.63, 3.8) is 0 Å². The molecule has 3 heterocycles. The zero-order valence-electron chi connectivity index (χ0n) is 14.8. The number of rotatable bonds is 4. The molecule has 27 heavy (non-hydrogen) atoms. The first-order chi connectivity index (χ1) is 13.2. The summed E-state index contributed by atoms with van der Waals surface area (Å²) in [6.07, 6.45) is 7.18. The Morgan fingerprint density at radius 1 is 1.04 bits per heavy atom. The molecule has 2 aromatic heterocycles. The van der Waals surface area contributed by atoms with E-state index in [9.17, 15) is 4.79 Å². The molecule has 0 unspecified atom stereocenters. The van der Waals surface area contributed by atoms with Gasteiger partial charge in [0.2, 0.25) is 5.88 Å². The topological polar surface area (TPSA) is 47.4 Å². The minimum Gasteiger partial charge on any atom is -0.473 e. The number of ether oxygens (including phenoxy) is 1. The molecule has 4 rings (SSSR count). The van der Waals surface area contributed by atoms with Gasteiger partial charge in [0, 0.05) is 55.8 Å². The SMILES string of the molecule is O=C(c1ccc(-n2cccc2)cc1)N1CCC(Oc2ncccc2Cl)CC1. The predicted molar refractivity (Wildman–Crippen MR) is 105 cm³/mol. The Morgan fingerprint density at radius 3 is 2.41 bits per heavy atom. The molecule has 0 bridgehead atoms. The van der Waals surface area contributed by atoms with E-state index in [2.05, 4.69) is 4.98 Å². The molecule has 1 fully saturated rings. The van der Waals surface area contributed by atoms with Crippen molar-refractivity contribution in [3.05, 3.63) is 77.7 Å². The van der Waals surface area contributed by atoms with Gasteiger partial charge in [-0.15, -0.1) is 0 Å². The van der Waals surface area contributed by atoms with Crippen molar-refractivity contribution in [1.82, 2.24) is 14.5 Å². The van der Waals surface area contributed by atoms with Gasteiger partial charge in [-0.1, -0.05) is 11.6 Å². The van der Waals surface area contributed by atoms with Crippen molar-refractivity contribution in [2.45, 2.75) is 18.9 Å². The van der Waals surface area contributed by atoms with Crippen LogP contribution in [-0.2, 0) is 0 Å². The number of piperidine rings is 1. The third kappa shape index (κ3) is 3.98. The van der Waals surface area contributed by atoms with E-state index in [0.717, 1.165) is 18.5 Å². The molecule has 0 saturated carbocycles. The van der Waals surface area contributed by atoms with Gasteiger partial charge < -0.3 is 14.2 Å². The smallest absolute Gasteiger partial charge is 0.253 e. The van der Waals surface area contributed by atoms with E-state index in [0.29, 0.717) is 29.6 Å². The van der Waals surface area contributed by atoms with Crippen molar-refractivity contribution in [2.24, 2.45) is 0 Å². The molecule has 1 aromatic carbocycles. The fraction of sp³-hybridized carbons (Fsp3) is 0.238. The molecule has 1 aliphatic rings. The lowest BCUT2D eigenvalue weighted by atomic mass is 10.1. The van der Waals surface area contributed by atoms with Gasteiger partial charge in [-0.3, -0.25) is 4.79 Å². The number of carbonyl (C=O) groups is 1. The van der Waals surface area contributed by atoms with Crippen molar-refractivity contribution < 1.29 is 9.53 Å². The highest BCUT2D eigenvalue weighted by molar-refractivity contribution is 6.31. The van der Waals surface area contributed by atoms with E-state index in [1.807, 2.05) is 58.3 Å². The van der Waals surface area contributed by atoms with Crippen LogP contribution in [0.5, 0.6) is 5.88 Å². The minimum atomic E-state index is 0.0255. The van der Waals surface area contributed by atoms with Crippen LogP contribution in [0.3, 0.4) is 0 Å². The average molecular weight is 382 g/mol. The molecule has 3 aromatic rings.